The number of ether oxygens (including phenoxy) is 1. The standard InChI is InChI=1S/C25H35IO2/c1-4-28-19-9-13-23(2)18(17-19)7-8-20-21(23)10-14-24(3)22(20)11-15-25(24,27)12-5-6-16-26/h7,17,20-22,27H,4,6,8-11,13-16H2,1-3H3/t20-,21+,22+,23+,24+,25+/m1/s1. The third kappa shape index (κ3) is 3.09. The molecule has 0 spiro atoms. The summed E-state index contributed by atoms with van der Waals surface area (Å²) in [5, 5.41) is 11.5. The van der Waals surface area contributed by atoms with Gasteiger partial charge in [-0.15, -0.1) is 0 Å². The number of allylic oxidation sites excluding steroid dienone is 4. The molecule has 0 aromatic carbocycles. The highest BCUT2D eigenvalue weighted by atomic mass is 127. The van der Waals surface area contributed by atoms with Crippen molar-refractivity contribution in [2.75, 3.05) is 11.0 Å². The first-order valence-electron chi connectivity index (χ1n) is 11.2. The molecule has 4 aliphatic carbocycles. The Hall–Kier alpha value is -0.470. The second-order valence-corrected chi connectivity index (χ2v) is 10.9. The zero-order valence-electron chi connectivity index (χ0n) is 17.7. The molecule has 6 atom stereocenters. The van der Waals surface area contributed by atoms with Crippen LogP contribution in [0.25, 0.3) is 0 Å². The van der Waals surface area contributed by atoms with E-state index in [9.17, 15) is 5.11 Å². The first-order chi connectivity index (χ1) is 13.4. The van der Waals surface area contributed by atoms with E-state index in [-0.39, 0.29) is 10.8 Å². The van der Waals surface area contributed by atoms with Crippen molar-refractivity contribution >= 4 is 22.6 Å². The Morgan fingerprint density at radius 2 is 2.00 bits per heavy atom. The summed E-state index contributed by atoms with van der Waals surface area (Å²) in [6.45, 7) is 7.68. The van der Waals surface area contributed by atoms with Gasteiger partial charge in [0.2, 0.25) is 0 Å². The summed E-state index contributed by atoms with van der Waals surface area (Å²) >= 11 is 2.37. The molecule has 2 fully saturated rings. The molecular formula is C25H35IO2. The summed E-state index contributed by atoms with van der Waals surface area (Å²) in [6.07, 6.45) is 13.5. The van der Waals surface area contributed by atoms with Crippen molar-refractivity contribution < 1.29 is 9.84 Å². The molecule has 0 radical (unpaired) electrons. The largest absolute Gasteiger partial charge is 0.498 e. The summed E-state index contributed by atoms with van der Waals surface area (Å²) in [4.78, 5) is 0. The van der Waals surface area contributed by atoms with E-state index in [0.29, 0.717) is 11.8 Å². The van der Waals surface area contributed by atoms with Gasteiger partial charge < -0.3 is 9.84 Å². The molecule has 1 N–H and O–H groups in total. The zero-order chi connectivity index (χ0) is 20.0. The van der Waals surface area contributed by atoms with Gasteiger partial charge in [-0.25, -0.2) is 0 Å². The van der Waals surface area contributed by atoms with Crippen LogP contribution in [-0.2, 0) is 4.74 Å². The van der Waals surface area contributed by atoms with Gasteiger partial charge in [0.25, 0.3) is 0 Å². The summed E-state index contributed by atoms with van der Waals surface area (Å²) < 4.78 is 6.88. The average molecular weight is 494 g/mol. The quantitative estimate of drug-likeness (QED) is 0.295. The van der Waals surface area contributed by atoms with Crippen LogP contribution in [0.15, 0.2) is 23.5 Å². The van der Waals surface area contributed by atoms with E-state index in [4.69, 9.17) is 4.74 Å². The van der Waals surface area contributed by atoms with Crippen molar-refractivity contribution in [1.82, 2.24) is 0 Å². The predicted octanol–water partition coefficient (Wildman–Crippen LogP) is 6.04. The maximum Gasteiger partial charge on any atom is 0.131 e. The molecular weight excluding hydrogens is 459 g/mol. The Bertz CT molecular complexity index is 743. The average Bonchev–Trinajstić information content (AvgIpc) is 2.94. The molecule has 0 heterocycles. The minimum atomic E-state index is -0.784. The van der Waals surface area contributed by atoms with Crippen LogP contribution >= 0.6 is 22.6 Å². The van der Waals surface area contributed by atoms with Crippen LogP contribution in [-0.4, -0.2) is 21.7 Å². The van der Waals surface area contributed by atoms with Gasteiger partial charge in [-0.1, -0.05) is 54.4 Å². The minimum Gasteiger partial charge on any atom is -0.498 e. The van der Waals surface area contributed by atoms with Gasteiger partial charge in [0.05, 0.1) is 12.4 Å². The van der Waals surface area contributed by atoms with Gasteiger partial charge in [0, 0.05) is 22.7 Å². The van der Waals surface area contributed by atoms with Gasteiger partial charge in [0.1, 0.15) is 5.60 Å². The van der Waals surface area contributed by atoms with Gasteiger partial charge in [-0.05, 0) is 80.3 Å². The predicted molar refractivity (Wildman–Crippen MR) is 123 cm³/mol. The molecule has 4 rings (SSSR count). The molecule has 2 nitrogen and oxygen atoms in total. The van der Waals surface area contributed by atoms with Crippen molar-refractivity contribution in [3.05, 3.63) is 23.5 Å². The molecule has 0 aromatic rings. The fraction of sp³-hybridized carbons (Fsp3) is 0.760. The molecule has 0 aliphatic heterocycles. The number of halogens is 1. The third-order valence-electron chi connectivity index (χ3n) is 8.73. The van der Waals surface area contributed by atoms with E-state index >= 15 is 0 Å². The summed E-state index contributed by atoms with van der Waals surface area (Å²) in [7, 11) is 0. The van der Waals surface area contributed by atoms with Gasteiger partial charge in [-0.2, -0.15) is 0 Å². The van der Waals surface area contributed by atoms with Crippen LogP contribution in [0.3, 0.4) is 0 Å². The monoisotopic (exact) mass is 494 g/mol. The van der Waals surface area contributed by atoms with Gasteiger partial charge in [0.15, 0.2) is 0 Å². The molecule has 3 heteroatoms. The van der Waals surface area contributed by atoms with Crippen LogP contribution in [0.1, 0.15) is 72.1 Å². The Morgan fingerprint density at radius 3 is 2.75 bits per heavy atom. The molecule has 0 amide bonds. The first kappa shape index (κ1) is 20.8. The number of rotatable bonds is 3. The Labute approximate surface area is 184 Å². The van der Waals surface area contributed by atoms with Crippen molar-refractivity contribution in [1.29, 1.82) is 0 Å². The Kier molecular flexibility index (Phi) is 5.68. The van der Waals surface area contributed by atoms with Gasteiger partial charge >= 0.3 is 0 Å². The molecule has 154 valence electrons. The van der Waals surface area contributed by atoms with E-state index in [1.54, 1.807) is 0 Å². The minimum absolute atomic E-state index is 0.0465. The molecule has 28 heavy (non-hydrogen) atoms. The smallest absolute Gasteiger partial charge is 0.131 e. The fourth-order valence-electron chi connectivity index (χ4n) is 7.08. The first-order valence-corrected chi connectivity index (χ1v) is 12.7. The maximum absolute atomic E-state index is 11.5. The summed E-state index contributed by atoms with van der Waals surface area (Å²) in [6, 6.07) is 0. The number of hydrogen-bond donors (Lipinski definition) is 1. The SMILES string of the molecule is CCOC1=CC2=CC[C@@H]3[C@H](CC[C@@]4(C)[C@H]3CC[C@@]4(O)C#CCCI)[C@@]2(C)CC1. The van der Waals surface area contributed by atoms with E-state index in [1.807, 2.05) is 0 Å². The Morgan fingerprint density at radius 1 is 1.21 bits per heavy atom. The number of aliphatic hydroxyl groups is 1. The lowest BCUT2D eigenvalue weighted by Gasteiger charge is -2.57. The second-order valence-electron chi connectivity index (χ2n) is 9.83. The van der Waals surface area contributed by atoms with Crippen LogP contribution < -0.4 is 0 Å². The van der Waals surface area contributed by atoms with Crippen molar-refractivity contribution in [2.45, 2.75) is 77.7 Å². The van der Waals surface area contributed by atoms with Gasteiger partial charge in [-0.3, -0.25) is 0 Å². The molecule has 0 bridgehead atoms. The molecule has 0 saturated heterocycles. The van der Waals surface area contributed by atoms with E-state index in [1.165, 1.54) is 24.2 Å². The number of alkyl halides is 1. The molecule has 2 saturated carbocycles. The van der Waals surface area contributed by atoms with Crippen LogP contribution in [0.5, 0.6) is 0 Å². The Balaban J connectivity index is 1.62. The third-order valence-corrected chi connectivity index (χ3v) is 9.27. The van der Waals surface area contributed by atoms with E-state index in [2.05, 4.69) is 67.4 Å². The lowest BCUT2D eigenvalue weighted by Crippen LogP contribution is -2.53. The maximum atomic E-state index is 11.5. The zero-order valence-corrected chi connectivity index (χ0v) is 19.8. The van der Waals surface area contributed by atoms with Crippen LogP contribution in [0.4, 0.5) is 0 Å². The molecule has 0 unspecified atom stereocenters. The second kappa shape index (κ2) is 7.65. The van der Waals surface area contributed by atoms with E-state index in [0.717, 1.165) is 55.5 Å². The van der Waals surface area contributed by atoms with Crippen LogP contribution in [0.2, 0.25) is 0 Å². The molecule has 4 aliphatic rings. The van der Waals surface area contributed by atoms with Crippen molar-refractivity contribution in [2.24, 2.45) is 28.6 Å². The lowest BCUT2D eigenvalue weighted by molar-refractivity contribution is -0.0924. The van der Waals surface area contributed by atoms with Crippen molar-refractivity contribution in [3.8, 4) is 11.8 Å². The normalized spacial score (nSPS) is 44.2. The lowest BCUT2D eigenvalue weighted by atomic mass is 9.47. The topological polar surface area (TPSA) is 29.5 Å². The fourth-order valence-corrected chi connectivity index (χ4v) is 7.35. The highest BCUT2D eigenvalue weighted by molar-refractivity contribution is 14.1. The number of fused-ring (bicyclic) bond motifs is 5. The van der Waals surface area contributed by atoms with Crippen molar-refractivity contribution in [3.63, 3.8) is 0 Å². The summed E-state index contributed by atoms with van der Waals surface area (Å²) in [5.41, 5.74) is 0.962. The van der Waals surface area contributed by atoms with E-state index < -0.39 is 5.60 Å². The summed E-state index contributed by atoms with van der Waals surface area (Å²) in [5.74, 6) is 9.80. The van der Waals surface area contributed by atoms with Crippen LogP contribution in [0, 0.1) is 40.4 Å². The highest BCUT2D eigenvalue weighted by Crippen LogP contribution is 2.66. The number of hydrogen-bond acceptors (Lipinski definition) is 2. The highest BCUT2D eigenvalue weighted by Gasteiger charge is 2.63. The molecule has 0 aromatic heterocycles.